The second kappa shape index (κ2) is 4.71. The highest BCUT2D eigenvalue weighted by Crippen LogP contribution is 2.49. The van der Waals surface area contributed by atoms with Crippen molar-refractivity contribution in [1.82, 2.24) is 0 Å². The maximum Gasteiger partial charge on any atom is 0.0253 e. The predicted octanol–water partition coefficient (Wildman–Crippen LogP) is 4.95. The molecular weight excluding hydrogens is 283 g/mol. The molecule has 0 bridgehead atoms. The molecule has 0 amide bonds. The Hall–Kier alpha value is 0.730. The number of rotatable bonds is 1. The van der Waals surface area contributed by atoms with Crippen molar-refractivity contribution < 1.29 is 0 Å². The number of hydrogen-bond acceptors (Lipinski definition) is 0. The summed E-state index contributed by atoms with van der Waals surface area (Å²) < 4.78 is 0.690. The molecule has 2 fully saturated rings. The Labute approximate surface area is 102 Å². The first-order chi connectivity index (χ1) is 6.71. The molecule has 14 heavy (non-hydrogen) atoms. The summed E-state index contributed by atoms with van der Waals surface area (Å²) in [5.41, 5.74) is 0. The molecule has 2 atom stereocenters. The van der Waals surface area contributed by atoms with E-state index in [1.54, 1.807) is 0 Å². The first-order valence-corrected chi connectivity index (χ1v) is 7.47. The summed E-state index contributed by atoms with van der Waals surface area (Å²) in [4.78, 5) is 0. The van der Waals surface area contributed by atoms with Gasteiger partial charge in [-0.3, -0.25) is 0 Å². The van der Waals surface area contributed by atoms with Gasteiger partial charge in [-0.05, 0) is 37.5 Å². The van der Waals surface area contributed by atoms with Crippen molar-refractivity contribution >= 4 is 22.6 Å². The number of halogens is 1. The molecule has 0 radical (unpaired) electrons. The number of alkyl halides is 1. The molecule has 0 heterocycles. The van der Waals surface area contributed by atoms with E-state index in [0.717, 1.165) is 11.8 Å². The lowest BCUT2D eigenvalue weighted by Crippen LogP contribution is -2.37. The van der Waals surface area contributed by atoms with Gasteiger partial charge in [0.2, 0.25) is 0 Å². The smallest absolute Gasteiger partial charge is 0.0253 e. The van der Waals surface area contributed by atoms with Crippen molar-refractivity contribution in [3.63, 3.8) is 0 Å². The van der Waals surface area contributed by atoms with Crippen LogP contribution in [0.1, 0.15) is 64.7 Å². The van der Waals surface area contributed by atoms with Crippen LogP contribution in [0.25, 0.3) is 0 Å². The third-order valence-corrected chi connectivity index (χ3v) is 6.17. The van der Waals surface area contributed by atoms with Gasteiger partial charge in [0.1, 0.15) is 0 Å². The Bertz CT molecular complexity index is 184. The lowest BCUT2D eigenvalue weighted by Gasteiger charge is -2.43. The van der Waals surface area contributed by atoms with E-state index in [1.807, 2.05) is 0 Å². The molecule has 0 nitrogen and oxygen atoms in total. The average molecular weight is 306 g/mol. The van der Waals surface area contributed by atoms with Crippen LogP contribution in [0.2, 0.25) is 0 Å². The molecule has 0 aromatic carbocycles. The van der Waals surface area contributed by atoms with Crippen LogP contribution in [0.15, 0.2) is 0 Å². The zero-order valence-electron chi connectivity index (χ0n) is 9.40. The molecule has 0 spiro atoms. The monoisotopic (exact) mass is 306 g/mol. The first kappa shape index (κ1) is 11.2. The van der Waals surface area contributed by atoms with Crippen molar-refractivity contribution in [2.24, 2.45) is 11.8 Å². The molecule has 2 rings (SSSR count). The topological polar surface area (TPSA) is 0 Å². The Kier molecular flexibility index (Phi) is 3.78. The lowest BCUT2D eigenvalue weighted by atomic mass is 9.71. The van der Waals surface area contributed by atoms with Gasteiger partial charge in [-0.1, -0.05) is 61.6 Å². The van der Waals surface area contributed by atoms with Crippen molar-refractivity contribution in [2.75, 3.05) is 0 Å². The van der Waals surface area contributed by atoms with E-state index in [0.29, 0.717) is 3.42 Å². The van der Waals surface area contributed by atoms with Gasteiger partial charge in [0.05, 0.1) is 0 Å². The Morgan fingerprint density at radius 2 is 1.71 bits per heavy atom. The number of hydrogen-bond donors (Lipinski definition) is 0. The molecule has 2 aliphatic rings. The van der Waals surface area contributed by atoms with Crippen LogP contribution in [0.3, 0.4) is 0 Å². The fourth-order valence-electron chi connectivity index (χ4n) is 3.52. The molecule has 2 aliphatic carbocycles. The van der Waals surface area contributed by atoms with Gasteiger partial charge in [0.15, 0.2) is 0 Å². The van der Waals surface area contributed by atoms with E-state index < -0.39 is 0 Å². The lowest BCUT2D eigenvalue weighted by molar-refractivity contribution is 0.210. The van der Waals surface area contributed by atoms with Crippen molar-refractivity contribution in [1.29, 1.82) is 0 Å². The van der Waals surface area contributed by atoms with Crippen molar-refractivity contribution in [2.45, 2.75) is 68.1 Å². The maximum absolute atomic E-state index is 2.82. The summed E-state index contributed by atoms with van der Waals surface area (Å²) >= 11 is 2.82. The minimum Gasteiger partial charge on any atom is -0.0786 e. The van der Waals surface area contributed by atoms with Gasteiger partial charge < -0.3 is 0 Å². The van der Waals surface area contributed by atoms with Gasteiger partial charge in [0.25, 0.3) is 0 Å². The second-order valence-electron chi connectivity index (χ2n) is 5.57. The fourth-order valence-corrected chi connectivity index (χ4v) is 5.27. The van der Waals surface area contributed by atoms with E-state index in [2.05, 4.69) is 29.5 Å². The highest BCUT2D eigenvalue weighted by atomic mass is 127. The standard InChI is InChI=1S/C13H23I/c1-11-6-5-9-13(14,10-11)12-7-3-2-4-8-12/h11-12H,2-10H2,1H3/t11-,13?/m1/s1. The molecule has 2 saturated carbocycles. The molecule has 1 heteroatoms. The summed E-state index contributed by atoms with van der Waals surface area (Å²) in [7, 11) is 0. The molecule has 0 aromatic heterocycles. The highest BCUT2D eigenvalue weighted by molar-refractivity contribution is 14.1. The van der Waals surface area contributed by atoms with Crippen LogP contribution in [-0.2, 0) is 0 Å². The zero-order chi connectivity index (χ0) is 10.0. The van der Waals surface area contributed by atoms with Gasteiger partial charge >= 0.3 is 0 Å². The van der Waals surface area contributed by atoms with Crippen LogP contribution in [-0.4, -0.2) is 3.42 Å². The van der Waals surface area contributed by atoms with E-state index in [4.69, 9.17) is 0 Å². The van der Waals surface area contributed by atoms with Gasteiger partial charge in [-0.15, -0.1) is 0 Å². The van der Waals surface area contributed by atoms with E-state index >= 15 is 0 Å². The van der Waals surface area contributed by atoms with E-state index in [1.165, 1.54) is 57.8 Å². The first-order valence-electron chi connectivity index (χ1n) is 6.40. The molecule has 82 valence electrons. The van der Waals surface area contributed by atoms with Crippen LogP contribution in [0.5, 0.6) is 0 Å². The third-order valence-electron chi connectivity index (χ3n) is 4.31. The quantitative estimate of drug-likeness (QED) is 0.475. The van der Waals surface area contributed by atoms with Crippen LogP contribution in [0.4, 0.5) is 0 Å². The summed E-state index contributed by atoms with van der Waals surface area (Å²) in [5, 5.41) is 0. The SMILES string of the molecule is C[C@@H]1CCCC(I)(C2CCCCC2)C1. The largest absolute Gasteiger partial charge is 0.0786 e. The Balaban J connectivity index is 1.98. The molecule has 0 saturated heterocycles. The minimum absolute atomic E-state index is 0.690. The Morgan fingerprint density at radius 1 is 1.00 bits per heavy atom. The zero-order valence-corrected chi connectivity index (χ0v) is 11.6. The Morgan fingerprint density at radius 3 is 2.36 bits per heavy atom. The molecule has 0 aromatic rings. The minimum atomic E-state index is 0.690. The summed E-state index contributed by atoms with van der Waals surface area (Å²) in [6.07, 6.45) is 13.5. The van der Waals surface area contributed by atoms with E-state index in [9.17, 15) is 0 Å². The highest BCUT2D eigenvalue weighted by Gasteiger charge is 2.39. The average Bonchev–Trinajstić information content (AvgIpc) is 2.19. The van der Waals surface area contributed by atoms with Gasteiger partial charge in [-0.2, -0.15) is 0 Å². The maximum atomic E-state index is 2.82. The summed E-state index contributed by atoms with van der Waals surface area (Å²) in [5.74, 6) is 2.04. The van der Waals surface area contributed by atoms with Gasteiger partial charge in [0, 0.05) is 3.42 Å². The van der Waals surface area contributed by atoms with Crippen molar-refractivity contribution in [3.05, 3.63) is 0 Å². The molecular formula is C13H23I. The molecule has 0 aliphatic heterocycles. The van der Waals surface area contributed by atoms with Crippen LogP contribution in [0, 0.1) is 11.8 Å². The predicted molar refractivity (Wildman–Crippen MR) is 71.0 cm³/mol. The molecule has 1 unspecified atom stereocenters. The molecule has 0 N–H and O–H groups in total. The van der Waals surface area contributed by atoms with Crippen LogP contribution >= 0.6 is 22.6 Å². The fraction of sp³-hybridized carbons (Fsp3) is 1.00. The normalized spacial score (nSPS) is 41.1. The second-order valence-corrected chi connectivity index (χ2v) is 7.72. The van der Waals surface area contributed by atoms with Gasteiger partial charge in [-0.25, -0.2) is 0 Å². The van der Waals surface area contributed by atoms with E-state index in [-0.39, 0.29) is 0 Å². The van der Waals surface area contributed by atoms with Crippen molar-refractivity contribution in [3.8, 4) is 0 Å². The third kappa shape index (κ3) is 2.45. The summed E-state index contributed by atoms with van der Waals surface area (Å²) in [6.45, 7) is 2.45. The summed E-state index contributed by atoms with van der Waals surface area (Å²) in [6, 6.07) is 0. The van der Waals surface area contributed by atoms with Crippen LogP contribution < -0.4 is 0 Å².